The molecule has 20 heavy (non-hydrogen) atoms. The summed E-state index contributed by atoms with van der Waals surface area (Å²) in [5.74, 6) is -0.557. The Morgan fingerprint density at radius 1 is 1.05 bits per heavy atom. The van der Waals surface area contributed by atoms with E-state index in [1.54, 1.807) is 6.07 Å². The summed E-state index contributed by atoms with van der Waals surface area (Å²) in [6.45, 7) is 12.4. The van der Waals surface area contributed by atoms with Gasteiger partial charge in [0.15, 0.2) is 0 Å². The molecule has 0 aliphatic rings. The van der Waals surface area contributed by atoms with E-state index in [1.165, 1.54) is 0 Å². The topological polar surface area (TPSA) is 57.5 Å². The van der Waals surface area contributed by atoms with Gasteiger partial charge in [-0.3, -0.25) is 4.79 Å². The highest BCUT2D eigenvalue weighted by Crippen LogP contribution is 2.39. The van der Waals surface area contributed by atoms with Crippen LogP contribution < -0.4 is 0 Å². The summed E-state index contributed by atoms with van der Waals surface area (Å²) in [5, 5.41) is 19.2. The quantitative estimate of drug-likeness (QED) is 0.878. The first-order chi connectivity index (χ1) is 8.94. The molecule has 1 aromatic carbocycles. The first-order valence-electron chi connectivity index (χ1n) is 7.02. The SMILES string of the molecule is CC(C)(C)c1ccc(O)c(C(C)(C)C)c1CCC(=O)O. The molecule has 0 unspecified atom stereocenters. The molecule has 0 aromatic heterocycles. The van der Waals surface area contributed by atoms with Crippen LogP contribution in [0, 0.1) is 0 Å². The summed E-state index contributed by atoms with van der Waals surface area (Å²) >= 11 is 0. The molecule has 0 aliphatic carbocycles. The van der Waals surface area contributed by atoms with E-state index in [9.17, 15) is 9.90 Å². The number of carboxylic acid groups (broad SMARTS) is 1. The molecule has 2 N–H and O–H groups in total. The maximum atomic E-state index is 10.9. The highest BCUT2D eigenvalue weighted by Gasteiger charge is 2.28. The molecule has 0 bridgehead atoms. The highest BCUT2D eigenvalue weighted by atomic mass is 16.4. The first-order valence-corrected chi connectivity index (χ1v) is 7.02. The van der Waals surface area contributed by atoms with Crippen molar-refractivity contribution in [3.05, 3.63) is 28.8 Å². The minimum Gasteiger partial charge on any atom is -0.508 e. The third kappa shape index (κ3) is 3.75. The minimum absolute atomic E-state index is 0.0790. The van der Waals surface area contributed by atoms with E-state index in [0.29, 0.717) is 6.42 Å². The van der Waals surface area contributed by atoms with Crippen molar-refractivity contribution >= 4 is 5.97 Å². The Hall–Kier alpha value is -1.51. The summed E-state index contributed by atoms with van der Waals surface area (Å²) in [6, 6.07) is 3.65. The van der Waals surface area contributed by atoms with Gasteiger partial charge in [0.1, 0.15) is 5.75 Å². The number of phenolic OH excluding ortho intramolecular Hbond substituents is 1. The average molecular weight is 278 g/mol. The normalized spacial score (nSPS) is 12.5. The number of aromatic hydroxyl groups is 1. The van der Waals surface area contributed by atoms with Crippen molar-refractivity contribution in [2.24, 2.45) is 0 Å². The number of aliphatic carboxylic acids is 1. The Labute approximate surface area is 121 Å². The molecule has 0 saturated heterocycles. The van der Waals surface area contributed by atoms with E-state index in [-0.39, 0.29) is 23.0 Å². The molecule has 0 atom stereocenters. The Bertz CT molecular complexity index is 502. The van der Waals surface area contributed by atoms with Crippen LogP contribution in [0.25, 0.3) is 0 Å². The van der Waals surface area contributed by atoms with Crippen molar-refractivity contribution in [1.82, 2.24) is 0 Å². The van der Waals surface area contributed by atoms with Crippen LogP contribution in [0.2, 0.25) is 0 Å². The zero-order valence-electron chi connectivity index (χ0n) is 13.4. The van der Waals surface area contributed by atoms with E-state index in [1.807, 2.05) is 26.8 Å². The fourth-order valence-corrected chi connectivity index (χ4v) is 2.67. The van der Waals surface area contributed by atoms with Crippen molar-refractivity contribution in [1.29, 1.82) is 0 Å². The van der Waals surface area contributed by atoms with Crippen LogP contribution >= 0.6 is 0 Å². The molecule has 0 heterocycles. The van der Waals surface area contributed by atoms with Gasteiger partial charge in [-0.25, -0.2) is 0 Å². The van der Waals surface area contributed by atoms with Crippen LogP contribution in [0.4, 0.5) is 0 Å². The fourth-order valence-electron chi connectivity index (χ4n) is 2.67. The Morgan fingerprint density at radius 2 is 1.60 bits per heavy atom. The largest absolute Gasteiger partial charge is 0.508 e. The molecule has 0 spiro atoms. The number of hydrogen-bond donors (Lipinski definition) is 2. The predicted molar refractivity (Wildman–Crippen MR) is 81.5 cm³/mol. The lowest BCUT2D eigenvalue weighted by Gasteiger charge is -2.30. The first kappa shape index (κ1) is 16.5. The second-order valence-corrected chi connectivity index (χ2v) is 7.38. The third-order valence-electron chi connectivity index (χ3n) is 3.44. The molecule has 3 heteroatoms. The van der Waals surface area contributed by atoms with Gasteiger partial charge in [-0.1, -0.05) is 47.6 Å². The van der Waals surface area contributed by atoms with E-state index >= 15 is 0 Å². The average Bonchev–Trinajstić information content (AvgIpc) is 2.22. The van der Waals surface area contributed by atoms with Crippen LogP contribution in [0.3, 0.4) is 0 Å². The van der Waals surface area contributed by atoms with Gasteiger partial charge < -0.3 is 10.2 Å². The second kappa shape index (κ2) is 5.47. The van der Waals surface area contributed by atoms with Crippen LogP contribution in [0.1, 0.15) is 64.7 Å². The molecule has 0 saturated carbocycles. The van der Waals surface area contributed by atoms with E-state index in [4.69, 9.17) is 5.11 Å². The van der Waals surface area contributed by atoms with E-state index in [2.05, 4.69) is 20.8 Å². The van der Waals surface area contributed by atoms with Crippen molar-refractivity contribution in [2.75, 3.05) is 0 Å². The smallest absolute Gasteiger partial charge is 0.303 e. The number of benzene rings is 1. The molecule has 1 aromatic rings. The Morgan fingerprint density at radius 3 is 2.00 bits per heavy atom. The summed E-state index contributed by atoms with van der Waals surface area (Å²) in [4.78, 5) is 10.9. The monoisotopic (exact) mass is 278 g/mol. The van der Waals surface area contributed by atoms with Gasteiger partial charge in [0, 0.05) is 12.0 Å². The molecule has 0 aliphatic heterocycles. The minimum atomic E-state index is -0.812. The zero-order chi connectivity index (χ0) is 15.7. The summed E-state index contributed by atoms with van der Waals surface area (Å²) < 4.78 is 0. The maximum absolute atomic E-state index is 10.9. The lowest BCUT2D eigenvalue weighted by molar-refractivity contribution is -0.136. The van der Waals surface area contributed by atoms with Crippen molar-refractivity contribution < 1.29 is 15.0 Å². The van der Waals surface area contributed by atoms with Crippen LogP contribution in [0.5, 0.6) is 5.75 Å². The van der Waals surface area contributed by atoms with Crippen LogP contribution in [-0.4, -0.2) is 16.2 Å². The molecule has 112 valence electrons. The molecule has 0 amide bonds. The number of phenols is 1. The van der Waals surface area contributed by atoms with Gasteiger partial charge in [-0.15, -0.1) is 0 Å². The molecular formula is C17H26O3. The maximum Gasteiger partial charge on any atom is 0.303 e. The second-order valence-electron chi connectivity index (χ2n) is 7.38. The molecule has 0 fully saturated rings. The summed E-state index contributed by atoms with van der Waals surface area (Å²) in [6.07, 6.45) is 0.526. The van der Waals surface area contributed by atoms with Gasteiger partial charge in [-0.2, -0.15) is 0 Å². The van der Waals surface area contributed by atoms with Crippen LogP contribution in [0.15, 0.2) is 12.1 Å². The molecular weight excluding hydrogens is 252 g/mol. The lowest BCUT2D eigenvalue weighted by Crippen LogP contribution is -2.21. The van der Waals surface area contributed by atoms with Gasteiger partial charge in [0.05, 0.1) is 0 Å². The summed E-state index contributed by atoms with van der Waals surface area (Å²) in [7, 11) is 0. The number of rotatable bonds is 3. The standard InChI is InChI=1S/C17H26O3/c1-16(2,3)12-8-9-13(18)15(17(4,5)6)11(12)7-10-14(19)20/h8-9,18H,7,10H2,1-6H3,(H,19,20). The van der Waals surface area contributed by atoms with E-state index < -0.39 is 5.97 Å². The molecule has 1 rings (SSSR count). The summed E-state index contributed by atoms with van der Waals surface area (Å²) in [5.41, 5.74) is 2.65. The van der Waals surface area contributed by atoms with Gasteiger partial charge in [0.2, 0.25) is 0 Å². The third-order valence-corrected chi connectivity index (χ3v) is 3.44. The number of carbonyl (C=O) groups is 1. The van der Waals surface area contributed by atoms with Crippen molar-refractivity contribution in [3.8, 4) is 5.75 Å². The van der Waals surface area contributed by atoms with Gasteiger partial charge in [0.25, 0.3) is 0 Å². The molecule has 0 radical (unpaired) electrons. The number of carboxylic acids is 1. The predicted octanol–water partition coefficient (Wildman–Crippen LogP) is 4.00. The van der Waals surface area contributed by atoms with Gasteiger partial charge >= 0.3 is 5.97 Å². The Kier molecular flexibility index (Phi) is 4.52. The van der Waals surface area contributed by atoms with Crippen molar-refractivity contribution in [2.45, 2.75) is 65.2 Å². The van der Waals surface area contributed by atoms with Gasteiger partial charge in [-0.05, 0) is 34.4 Å². The van der Waals surface area contributed by atoms with Crippen molar-refractivity contribution in [3.63, 3.8) is 0 Å². The Balaban J connectivity index is 3.52. The van der Waals surface area contributed by atoms with Crippen LogP contribution in [-0.2, 0) is 22.0 Å². The van der Waals surface area contributed by atoms with E-state index in [0.717, 1.165) is 16.7 Å². The zero-order valence-corrected chi connectivity index (χ0v) is 13.4. The lowest BCUT2D eigenvalue weighted by atomic mass is 9.74. The molecule has 3 nitrogen and oxygen atoms in total. The highest BCUT2D eigenvalue weighted by molar-refractivity contribution is 5.67. The fraction of sp³-hybridized carbons (Fsp3) is 0.588. The number of hydrogen-bond acceptors (Lipinski definition) is 2.